The van der Waals surface area contributed by atoms with E-state index in [1.54, 1.807) is 11.1 Å². The van der Waals surface area contributed by atoms with E-state index in [1.165, 1.54) is 80.1 Å². The molecule has 0 nitrogen and oxygen atoms in total. The molecule has 0 radical (unpaired) electrons. The van der Waals surface area contributed by atoms with E-state index in [4.69, 9.17) is 0 Å². The molecule has 4 aromatic rings. The zero-order valence-electron chi connectivity index (χ0n) is 28.4. The maximum absolute atomic E-state index is 2.59. The van der Waals surface area contributed by atoms with Crippen molar-refractivity contribution in [3.8, 4) is 11.1 Å². The van der Waals surface area contributed by atoms with Crippen LogP contribution in [0.1, 0.15) is 114 Å². The van der Waals surface area contributed by atoms with E-state index < -0.39 is 0 Å². The third-order valence-corrected chi connectivity index (χ3v) is 9.64. The van der Waals surface area contributed by atoms with Crippen molar-refractivity contribution in [2.45, 2.75) is 98.3 Å². The summed E-state index contributed by atoms with van der Waals surface area (Å²) in [4.78, 5) is 0. The third-order valence-electron chi connectivity index (χ3n) is 9.64. The Kier molecular flexibility index (Phi) is 12.1. The van der Waals surface area contributed by atoms with Gasteiger partial charge in [-0.2, -0.15) is 0 Å². The molecular weight excluding hydrogens is 667 g/mol. The van der Waals surface area contributed by atoms with Crippen molar-refractivity contribution in [1.82, 2.24) is 0 Å². The molecule has 1 atom stereocenters. The molecule has 0 heterocycles. The fraction of sp³-hybridized carbons (Fsp3) is 0.381. The van der Waals surface area contributed by atoms with Crippen LogP contribution in [-0.4, -0.2) is 0 Å². The van der Waals surface area contributed by atoms with E-state index in [-0.39, 0.29) is 61.8 Å². The smallest absolute Gasteiger partial charge is 1.00 e. The number of hydrogen-bond acceptors (Lipinski definition) is 0. The van der Waals surface area contributed by atoms with Crippen molar-refractivity contribution in [3.63, 3.8) is 0 Å². The maximum Gasteiger partial charge on any atom is 2.00 e. The maximum atomic E-state index is 2.59. The van der Waals surface area contributed by atoms with Crippen molar-refractivity contribution < 1.29 is 51.0 Å². The molecule has 0 aromatic heterocycles. The van der Waals surface area contributed by atoms with E-state index >= 15 is 0 Å². The van der Waals surface area contributed by atoms with Gasteiger partial charge in [-0.15, -0.1) is 0 Å². The zero-order valence-corrected chi connectivity index (χ0v) is 32.3. The van der Waals surface area contributed by atoms with Gasteiger partial charge >= 0.3 is 26.2 Å². The molecule has 2 aliphatic rings. The van der Waals surface area contributed by atoms with E-state index in [1.807, 2.05) is 0 Å². The van der Waals surface area contributed by atoms with Gasteiger partial charge in [0.05, 0.1) is 0 Å². The van der Waals surface area contributed by atoms with Crippen LogP contribution in [0.3, 0.4) is 0 Å². The molecule has 4 aromatic carbocycles. The molecule has 0 aliphatic heterocycles. The van der Waals surface area contributed by atoms with Crippen molar-refractivity contribution in [2.24, 2.45) is 5.92 Å². The van der Waals surface area contributed by atoms with Gasteiger partial charge in [0.25, 0.3) is 0 Å². The summed E-state index contributed by atoms with van der Waals surface area (Å²) in [7, 11) is 0. The van der Waals surface area contributed by atoms with Gasteiger partial charge in [-0.25, -0.2) is 0 Å². The molecule has 0 spiro atoms. The Morgan fingerprint density at radius 2 is 1.51 bits per heavy atom. The molecule has 1 unspecified atom stereocenters. The number of hydrogen-bond donors (Lipinski definition) is 0. The minimum Gasteiger partial charge on any atom is -1.00 e. The summed E-state index contributed by atoms with van der Waals surface area (Å²) in [5, 5.41) is 2.71. The number of unbranched alkanes of at least 4 members (excludes halogenated alkanes) is 1. The van der Waals surface area contributed by atoms with Gasteiger partial charge in [-0.1, -0.05) is 140 Å². The summed E-state index contributed by atoms with van der Waals surface area (Å²) in [6.07, 6.45) is 10.7. The van der Waals surface area contributed by atoms with E-state index in [0.29, 0.717) is 5.92 Å². The first-order valence-corrected chi connectivity index (χ1v) is 16.2. The predicted molar refractivity (Wildman–Crippen MR) is 184 cm³/mol. The first-order chi connectivity index (χ1) is 20.0. The summed E-state index contributed by atoms with van der Waals surface area (Å²) < 4.78 is 0. The largest absolute Gasteiger partial charge is 2.00 e. The van der Waals surface area contributed by atoms with Gasteiger partial charge in [0.15, 0.2) is 0 Å². The Balaban J connectivity index is 0.00000184. The van der Waals surface area contributed by atoms with Crippen molar-refractivity contribution >= 4 is 16.3 Å². The van der Waals surface area contributed by atoms with Crippen molar-refractivity contribution in [1.29, 1.82) is 0 Å². The molecule has 0 bridgehead atoms. The molecule has 0 amide bonds. The topological polar surface area (TPSA) is 0 Å². The number of allylic oxidation sites excluding steroid dienone is 4. The first kappa shape index (κ1) is 37.5. The predicted octanol–water partition coefficient (Wildman–Crippen LogP) is 5.75. The molecule has 0 N–H and O–H groups in total. The molecule has 0 saturated carbocycles. The van der Waals surface area contributed by atoms with Crippen LogP contribution < -0.4 is 24.8 Å². The molecule has 234 valence electrons. The summed E-state index contributed by atoms with van der Waals surface area (Å²) in [5.41, 5.74) is 16.5. The molecule has 45 heavy (non-hydrogen) atoms. The Morgan fingerprint density at radius 3 is 2.20 bits per heavy atom. The number of benzene rings is 4. The average Bonchev–Trinajstić information content (AvgIpc) is 3.50. The fourth-order valence-corrected chi connectivity index (χ4v) is 7.24. The molecular formula is C42H48Cl2Zr. The third kappa shape index (κ3) is 7.32. The van der Waals surface area contributed by atoms with Gasteiger partial charge in [0.1, 0.15) is 0 Å². The monoisotopic (exact) mass is 712 g/mol. The van der Waals surface area contributed by atoms with Crippen LogP contribution in [-0.2, 0) is 49.9 Å². The van der Waals surface area contributed by atoms with Gasteiger partial charge in [-0.3, -0.25) is 0 Å². The second-order valence-electron chi connectivity index (χ2n) is 14.9. The molecule has 0 saturated heterocycles. The van der Waals surface area contributed by atoms with Crippen LogP contribution >= 0.6 is 0 Å². The summed E-state index contributed by atoms with van der Waals surface area (Å²) in [6.45, 7) is 18.9. The van der Waals surface area contributed by atoms with Gasteiger partial charge < -0.3 is 24.8 Å². The van der Waals surface area contributed by atoms with E-state index in [9.17, 15) is 0 Å². The SMILES string of the molecule is CCCCC1=CC(C)C(c2c(C(C)(C)C)cc3c(c2Cc2cccc4ccccc24)Cc2ccc(C(C)(C)C)cc2-3)=C1.[Cl-].[Cl-].[Zr+2]. The van der Waals surface area contributed by atoms with Crippen LogP contribution in [0, 0.1) is 5.92 Å². The Bertz CT molecular complexity index is 1740. The zero-order chi connectivity index (χ0) is 29.8. The standard InChI is InChI=1S/C42H48.2ClH.Zr/c1-9-10-14-28-21-27(2)34(22-28)40-38(24-30-17-13-16-29-15-11-12-18-33(29)30)36-23-31-19-20-32(41(3,4)5)25-35(31)37(36)26-39(40)42(6,7)8;;;/h11-13,15-22,25-27H,9-10,14,23-24H2,1-8H3;2*1H;/q;;;+2/p-2. The Labute approximate surface area is 304 Å². The first-order valence-electron chi connectivity index (χ1n) is 16.2. The Hall–Kier alpha value is -1.92. The summed E-state index contributed by atoms with van der Waals surface area (Å²) >= 11 is 0. The second kappa shape index (κ2) is 14.5. The quantitative estimate of drug-likeness (QED) is 0.210. The summed E-state index contributed by atoms with van der Waals surface area (Å²) in [6, 6.07) is 25.6. The average molecular weight is 715 g/mol. The van der Waals surface area contributed by atoms with E-state index in [0.717, 1.165) is 12.8 Å². The van der Waals surface area contributed by atoms with Crippen LogP contribution in [0.25, 0.3) is 27.5 Å². The van der Waals surface area contributed by atoms with Crippen molar-refractivity contribution in [3.05, 3.63) is 123 Å². The van der Waals surface area contributed by atoms with Crippen LogP contribution in [0.2, 0.25) is 0 Å². The van der Waals surface area contributed by atoms with Gasteiger partial charge in [-0.05, 0) is 109 Å². The number of rotatable bonds is 6. The second-order valence-corrected chi connectivity index (χ2v) is 14.9. The molecule has 6 rings (SSSR count). The number of fused-ring (bicyclic) bond motifs is 4. The van der Waals surface area contributed by atoms with Gasteiger partial charge in [0, 0.05) is 5.92 Å². The van der Waals surface area contributed by atoms with Crippen LogP contribution in [0.5, 0.6) is 0 Å². The van der Waals surface area contributed by atoms with Crippen molar-refractivity contribution in [2.75, 3.05) is 0 Å². The minimum atomic E-state index is 0. The summed E-state index contributed by atoms with van der Waals surface area (Å²) in [5.74, 6) is 0.429. The Morgan fingerprint density at radius 1 is 0.800 bits per heavy atom. The van der Waals surface area contributed by atoms with Crippen LogP contribution in [0.15, 0.2) is 84.5 Å². The number of halogens is 2. The van der Waals surface area contributed by atoms with Gasteiger partial charge in [0.2, 0.25) is 0 Å². The molecule has 3 heteroatoms. The normalized spacial score (nSPS) is 15.3. The molecule has 2 aliphatic carbocycles. The van der Waals surface area contributed by atoms with Crippen LogP contribution in [0.4, 0.5) is 0 Å². The van der Waals surface area contributed by atoms with E-state index in [2.05, 4.69) is 134 Å². The molecule has 0 fully saturated rings. The minimum absolute atomic E-state index is 0. The fourth-order valence-electron chi connectivity index (χ4n) is 7.24.